The highest BCUT2D eigenvalue weighted by Crippen LogP contribution is 2.50. The van der Waals surface area contributed by atoms with Crippen LogP contribution in [0.25, 0.3) is 0 Å². The molecule has 3 rings (SSSR count). The predicted octanol–water partition coefficient (Wildman–Crippen LogP) is 4.71. The van der Waals surface area contributed by atoms with Crippen LogP contribution in [-0.2, 0) is 9.47 Å². The van der Waals surface area contributed by atoms with Gasteiger partial charge in [-0.3, -0.25) is 0 Å². The van der Waals surface area contributed by atoms with Gasteiger partial charge in [-0.05, 0) is 38.5 Å². The number of benzene rings is 1. The lowest BCUT2D eigenvalue weighted by molar-refractivity contribution is -0.317. The summed E-state index contributed by atoms with van der Waals surface area (Å²) in [6.45, 7) is 9.15. The highest BCUT2D eigenvalue weighted by atomic mass is 16.7. The molecular formula is C18H26O2. The summed E-state index contributed by atoms with van der Waals surface area (Å²) in [6, 6.07) is 10.3. The highest BCUT2D eigenvalue weighted by molar-refractivity contribution is 5.17. The Morgan fingerprint density at radius 1 is 1.05 bits per heavy atom. The molecule has 3 atom stereocenters. The average molecular weight is 274 g/mol. The molecule has 1 aliphatic carbocycles. The summed E-state index contributed by atoms with van der Waals surface area (Å²) in [5.74, 6) is 0.510. The van der Waals surface area contributed by atoms with Gasteiger partial charge in [0.15, 0.2) is 6.29 Å². The van der Waals surface area contributed by atoms with Crippen molar-refractivity contribution in [2.24, 2.45) is 11.3 Å². The molecule has 110 valence electrons. The molecule has 2 aliphatic rings. The summed E-state index contributed by atoms with van der Waals surface area (Å²) in [5.41, 5.74) is 1.40. The van der Waals surface area contributed by atoms with Crippen molar-refractivity contribution in [3.8, 4) is 0 Å². The maximum Gasteiger partial charge on any atom is 0.184 e. The van der Waals surface area contributed by atoms with Crippen LogP contribution in [0.5, 0.6) is 0 Å². The second kappa shape index (κ2) is 4.85. The van der Waals surface area contributed by atoms with E-state index in [1.165, 1.54) is 12.8 Å². The molecule has 0 aromatic heterocycles. The SMILES string of the molecule is CC1(C)CC[C@H]2[C@H](C1)O[C@H](c1ccccc1)OC2(C)C. The topological polar surface area (TPSA) is 18.5 Å². The fourth-order valence-electron chi connectivity index (χ4n) is 3.77. The third-order valence-electron chi connectivity index (χ3n) is 5.01. The molecule has 2 fully saturated rings. The van der Waals surface area contributed by atoms with Crippen molar-refractivity contribution in [1.29, 1.82) is 0 Å². The lowest BCUT2D eigenvalue weighted by Crippen LogP contribution is -2.52. The molecule has 0 amide bonds. The van der Waals surface area contributed by atoms with Crippen molar-refractivity contribution >= 4 is 0 Å². The highest BCUT2D eigenvalue weighted by Gasteiger charge is 2.49. The molecular weight excluding hydrogens is 248 g/mol. The van der Waals surface area contributed by atoms with Crippen molar-refractivity contribution in [2.45, 2.75) is 65.0 Å². The fraction of sp³-hybridized carbons (Fsp3) is 0.667. The molecule has 1 aromatic rings. The molecule has 1 saturated carbocycles. The summed E-state index contributed by atoms with van der Waals surface area (Å²) < 4.78 is 12.6. The van der Waals surface area contributed by atoms with Crippen LogP contribution in [0.1, 0.15) is 58.8 Å². The van der Waals surface area contributed by atoms with Crippen molar-refractivity contribution in [1.82, 2.24) is 0 Å². The monoisotopic (exact) mass is 274 g/mol. The van der Waals surface area contributed by atoms with Gasteiger partial charge in [-0.15, -0.1) is 0 Å². The first kappa shape index (κ1) is 14.1. The first-order chi connectivity index (χ1) is 9.37. The molecule has 0 radical (unpaired) electrons. The maximum atomic E-state index is 6.33. The molecule has 1 saturated heterocycles. The zero-order valence-electron chi connectivity index (χ0n) is 13.1. The van der Waals surface area contributed by atoms with Gasteiger partial charge >= 0.3 is 0 Å². The molecule has 1 heterocycles. The number of hydrogen-bond donors (Lipinski definition) is 0. The number of rotatable bonds is 1. The quantitative estimate of drug-likeness (QED) is 0.738. The van der Waals surface area contributed by atoms with Crippen LogP contribution in [0.3, 0.4) is 0 Å². The lowest BCUT2D eigenvalue weighted by Gasteiger charge is -2.52. The molecule has 0 bridgehead atoms. The van der Waals surface area contributed by atoms with Gasteiger partial charge in [0.1, 0.15) is 0 Å². The third-order valence-corrected chi connectivity index (χ3v) is 5.01. The van der Waals surface area contributed by atoms with E-state index in [1.807, 2.05) is 18.2 Å². The minimum atomic E-state index is -0.221. The molecule has 1 aliphatic heterocycles. The minimum absolute atomic E-state index is 0.111. The van der Waals surface area contributed by atoms with Crippen LogP contribution >= 0.6 is 0 Å². The van der Waals surface area contributed by atoms with Gasteiger partial charge in [-0.1, -0.05) is 44.2 Å². The Labute approximate surface area is 122 Å². The maximum absolute atomic E-state index is 6.33. The lowest BCUT2D eigenvalue weighted by atomic mass is 9.66. The summed E-state index contributed by atoms with van der Waals surface area (Å²) in [4.78, 5) is 0. The van der Waals surface area contributed by atoms with E-state index in [2.05, 4.69) is 39.8 Å². The zero-order valence-corrected chi connectivity index (χ0v) is 13.1. The molecule has 2 heteroatoms. The van der Waals surface area contributed by atoms with Crippen LogP contribution in [-0.4, -0.2) is 11.7 Å². The average Bonchev–Trinajstić information content (AvgIpc) is 2.37. The smallest absolute Gasteiger partial charge is 0.184 e. The van der Waals surface area contributed by atoms with E-state index in [4.69, 9.17) is 9.47 Å². The summed E-state index contributed by atoms with van der Waals surface area (Å²) in [7, 11) is 0. The zero-order chi connectivity index (χ0) is 14.4. The van der Waals surface area contributed by atoms with Crippen molar-refractivity contribution in [3.63, 3.8) is 0 Å². The van der Waals surface area contributed by atoms with E-state index in [9.17, 15) is 0 Å². The minimum Gasteiger partial charge on any atom is -0.345 e. The Bertz CT molecular complexity index is 464. The van der Waals surface area contributed by atoms with Crippen LogP contribution in [0.4, 0.5) is 0 Å². The van der Waals surface area contributed by atoms with E-state index in [0.29, 0.717) is 17.4 Å². The number of hydrogen-bond acceptors (Lipinski definition) is 2. The Morgan fingerprint density at radius 2 is 1.75 bits per heavy atom. The van der Waals surface area contributed by atoms with Crippen molar-refractivity contribution < 1.29 is 9.47 Å². The Kier molecular flexibility index (Phi) is 3.42. The van der Waals surface area contributed by atoms with Gasteiger partial charge in [0.2, 0.25) is 0 Å². The summed E-state index contributed by atoms with van der Waals surface area (Å²) >= 11 is 0. The van der Waals surface area contributed by atoms with Gasteiger partial charge in [0.05, 0.1) is 11.7 Å². The standard InChI is InChI=1S/C18H26O2/c1-17(2)11-10-14-15(12-17)19-16(20-18(14,3)4)13-8-6-5-7-9-13/h5-9,14-16H,10-12H2,1-4H3/t14-,15-,16-/m0/s1. The van der Waals surface area contributed by atoms with E-state index in [-0.39, 0.29) is 11.9 Å². The fourth-order valence-corrected chi connectivity index (χ4v) is 3.77. The van der Waals surface area contributed by atoms with E-state index in [1.54, 1.807) is 0 Å². The Balaban J connectivity index is 1.84. The van der Waals surface area contributed by atoms with Gasteiger partial charge < -0.3 is 9.47 Å². The van der Waals surface area contributed by atoms with Crippen LogP contribution in [0.2, 0.25) is 0 Å². The largest absolute Gasteiger partial charge is 0.345 e. The second-order valence-corrected chi connectivity index (χ2v) is 7.65. The van der Waals surface area contributed by atoms with E-state index < -0.39 is 0 Å². The van der Waals surface area contributed by atoms with Crippen molar-refractivity contribution in [2.75, 3.05) is 0 Å². The number of ether oxygens (including phenoxy) is 2. The van der Waals surface area contributed by atoms with Gasteiger partial charge in [-0.25, -0.2) is 0 Å². The second-order valence-electron chi connectivity index (χ2n) is 7.65. The molecule has 0 spiro atoms. The van der Waals surface area contributed by atoms with E-state index >= 15 is 0 Å². The Morgan fingerprint density at radius 3 is 2.45 bits per heavy atom. The molecule has 1 aromatic carbocycles. The first-order valence-corrected chi connectivity index (χ1v) is 7.76. The van der Waals surface area contributed by atoms with Crippen molar-refractivity contribution in [3.05, 3.63) is 35.9 Å². The van der Waals surface area contributed by atoms with Gasteiger partial charge in [0, 0.05) is 11.5 Å². The molecule has 20 heavy (non-hydrogen) atoms. The van der Waals surface area contributed by atoms with Crippen LogP contribution in [0, 0.1) is 11.3 Å². The molecule has 2 nitrogen and oxygen atoms in total. The normalized spacial score (nSPS) is 35.3. The summed E-state index contributed by atoms with van der Waals surface area (Å²) in [5, 5.41) is 0. The number of fused-ring (bicyclic) bond motifs is 1. The van der Waals surface area contributed by atoms with Gasteiger partial charge in [-0.2, -0.15) is 0 Å². The molecule has 0 unspecified atom stereocenters. The van der Waals surface area contributed by atoms with Crippen LogP contribution in [0.15, 0.2) is 30.3 Å². The molecule has 0 N–H and O–H groups in total. The summed E-state index contributed by atoms with van der Waals surface area (Å²) in [6.07, 6.45) is 3.69. The Hall–Kier alpha value is -0.860. The van der Waals surface area contributed by atoms with Gasteiger partial charge in [0.25, 0.3) is 0 Å². The first-order valence-electron chi connectivity index (χ1n) is 7.76. The van der Waals surface area contributed by atoms with Crippen LogP contribution < -0.4 is 0 Å². The van der Waals surface area contributed by atoms with E-state index in [0.717, 1.165) is 12.0 Å². The predicted molar refractivity (Wildman–Crippen MR) is 80.3 cm³/mol. The third kappa shape index (κ3) is 2.64.